The van der Waals surface area contributed by atoms with Gasteiger partial charge in [-0.3, -0.25) is 0 Å². The molecule has 0 saturated carbocycles. The Balaban J connectivity index is 2.08. The molecular formula is C24H26F2O. The van der Waals surface area contributed by atoms with Gasteiger partial charge in [-0.25, -0.2) is 4.39 Å². The molecule has 0 unspecified atom stereocenters. The molecule has 27 heavy (non-hydrogen) atoms. The van der Waals surface area contributed by atoms with Crippen LogP contribution in [0, 0.1) is 11.6 Å². The zero-order valence-corrected chi connectivity index (χ0v) is 16.0. The average molecular weight is 368 g/mol. The molecule has 0 fully saturated rings. The molecule has 0 aromatic heterocycles. The van der Waals surface area contributed by atoms with Crippen LogP contribution in [0.3, 0.4) is 0 Å². The number of benzene rings is 2. The molecule has 142 valence electrons. The Morgan fingerprint density at radius 1 is 1.00 bits per heavy atom. The van der Waals surface area contributed by atoms with Gasteiger partial charge in [-0.05, 0) is 49.4 Å². The van der Waals surface area contributed by atoms with Gasteiger partial charge in [-0.1, -0.05) is 67.6 Å². The maximum absolute atomic E-state index is 14.4. The SMILES string of the molecule is C=C(C)/C=C\C(=C)CCc1ccc(-c2ccc(OCCC)c(F)c2F)cc1. The number of rotatable bonds is 9. The Kier molecular flexibility index (Phi) is 7.54. The zero-order chi connectivity index (χ0) is 19.8. The van der Waals surface area contributed by atoms with Gasteiger partial charge in [0.1, 0.15) is 0 Å². The van der Waals surface area contributed by atoms with E-state index in [2.05, 4.69) is 13.2 Å². The highest BCUT2D eigenvalue weighted by Crippen LogP contribution is 2.30. The third kappa shape index (κ3) is 5.92. The number of hydrogen-bond acceptors (Lipinski definition) is 1. The molecule has 2 aromatic rings. The fourth-order valence-electron chi connectivity index (χ4n) is 2.58. The lowest BCUT2D eigenvalue weighted by molar-refractivity contribution is 0.295. The Morgan fingerprint density at radius 3 is 2.33 bits per heavy atom. The van der Waals surface area contributed by atoms with Crippen LogP contribution in [-0.2, 0) is 6.42 Å². The summed E-state index contributed by atoms with van der Waals surface area (Å²) >= 11 is 0. The monoisotopic (exact) mass is 368 g/mol. The Labute approximate surface area is 160 Å². The molecule has 2 aromatic carbocycles. The van der Waals surface area contributed by atoms with Gasteiger partial charge in [-0.2, -0.15) is 4.39 Å². The highest BCUT2D eigenvalue weighted by Gasteiger charge is 2.15. The van der Waals surface area contributed by atoms with E-state index in [0.29, 0.717) is 12.2 Å². The fourth-order valence-corrected chi connectivity index (χ4v) is 2.58. The highest BCUT2D eigenvalue weighted by atomic mass is 19.2. The first-order valence-electron chi connectivity index (χ1n) is 9.13. The van der Waals surface area contributed by atoms with E-state index in [4.69, 9.17) is 4.74 Å². The van der Waals surface area contributed by atoms with E-state index in [1.165, 1.54) is 6.07 Å². The molecule has 0 aliphatic heterocycles. The fraction of sp³-hybridized carbons (Fsp3) is 0.250. The molecule has 0 bridgehead atoms. The molecule has 0 atom stereocenters. The van der Waals surface area contributed by atoms with Crippen molar-refractivity contribution in [2.75, 3.05) is 6.61 Å². The van der Waals surface area contributed by atoms with Gasteiger partial charge in [0, 0.05) is 5.56 Å². The second-order valence-corrected chi connectivity index (χ2v) is 6.62. The summed E-state index contributed by atoms with van der Waals surface area (Å²) in [5.74, 6) is -1.86. The third-order valence-corrected chi connectivity index (χ3v) is 4.11. The molecule has 0 aliphatic carbocycles. The largest absolute Gasteiger partial charge is 0.490 e. The topological polar surface area (TPSA) is 9.23 Å². The molecule has 0 aliphatic rings. The van der Waals surface area contributed by atoms with E-state index in [0.717, 1.165) is 36.0 Å². The van der Waals surface area contributed by atoms with Crippen LogP contribution < -0.4 is 4.74 Å². The smallest absolute Gasteiger partial charge is 0.201 e. The highest BCUT2D eigenvalue weighted by molar-refractivity contribution is 5.65. The molecule has 0 amide bonds. The summed E-state index contributed by atoms with van der Waals surface area (Å²) in [6.45, 7) is 12.1. The van der Waals surface area contributed by atoms with Crippen LogP contribution >= 0.6 is 0 Å². The second kappa shape index (κ2) is 9.86. The van der Waals surface area contributed by atoms with Crippen molar-refractivity contribution in [3.63, 3.8) is 0 Å². The predicted molar refractivity (Wildman–Crippen MR) is 109 cm³/mol. The van der Waals surface area contributed by atoms with E-state index in [-0.39, 0.29) is 11.3 Å². The quantitative estimate of drug-likeness (QED) is 0.431. The summed E-state index contributed by atoms with van der Waals surface area (Å²) in [5.41, 5.74) is 4.00. The molecule has 3 heteroatoms. The van der Waals surface area contributed by atoms with Crippen LogP contribution in [0.25, 0.3) is 11.1 Å². The first kappa shape index (κ1) is 20.6. The number of allylic oxidation sites excluding steroid dienone is 4. The van der Waals surface area contributed by atoms with E-state index >= 15 is 0 Å². The van der Waals surface area contributed by atoms with Gasteiger partial charge in [0.15, 0.2) is 11.6 Å². The van der Waals surface area contributed by atoms with Crippen molar-refractivity contribution >= 4 is 0 Å². The number of aryl methyl sites for hydroxylation is 1. The lowest BCUT2D eigenvalue weighted by atomic mass is 10.00. The minimum absolute atomic E-state index is 0.0453. The lowest BCUT2D eigenvalue weighted by Crippen LogP contribution is -2.00. The van der Waals surface area contributed by atoms with Crippen molar-refractivity contribution in [3.8, 4) is 16.9 Å². The third-order valence-electron chi connectivity index (χ3n) is 4.11. The molecule has 0 saturated heterocycles. The number of halogens is 2. The molecule has 2 rings (SSSR count). The van der Waals surface area contributed by atoms with Crippen LogP contribution in [0.15, 0.2) is 72.9 Å². The van der Waals surface area contributed by atoms with Crippen LogP contribution in [0.2, 0.25) is 0 Å². The van der Waals surface area contributed by atoms with Crippen molar-refractivity contribution in [2.24, 2.45) is 0 Å². The van der Waals surface area contributed by atoms with Crippen molar-refractivity contribution in [1.82, 2.24) is 0 Å². The maximum atomic E-state index is 14.4. The van der Waals surface area contributed by atoms with Gasteiger partial charge in [-0.15, -0.1) is 0 Å². The normalized spacial score (nSPS) is 11.0. The number of hydrogen-bond donors (Lipinski definition) is 0. The summed E-state index contributed by atoms with van der Waals surface area (Å²) in [6.07, 6.45) is 6.31. The maximum Gasteiger partial charge on any atom is 0.201 e. The average Bonchev–Trinajstić information content (AvgIpc) is 2.66. The van der Waals surface area contributed by atoms with Gasteiger partial charge >= 0.3 is 0 Å². The summed E-state index contributed by atoms with van der Waals surface area (Å²) in [4.78, 5) is 0. The van der Waals surface area contributed by atoms with Crippen molar-refractivity contribution in [3.05, 3.63) is 90.1 Å². The standard InChI is InChI=1S/C24H26F2O/c1-5-16-27-22-15-14-21(23(25)24(22)26)20-12-10-19(11-13-20)9-8-18(4)7-6-17(2)3/h6-7,10-15H,2,4-5,8-9,16H2,1,3H3/b7-6-. The Morgan fingerprint density at radius 2 is 1.70 bits per heavy atom. The van der Waals surface area contributed by atoms with Crippen LogP contribution in [0.1, 0.15) is 32.3 Å². The zero-order valence-electron chi connectivity index (χ0n) is 16.0. The first-order chi connectivity index (χ1) is 12.9. The molecule has 0 N–H and O–H groups in total. The van der Waals surface area contributed by atoms with E-state index in [9.17, 15) is 8.78 Å². The molecule has 0 heterocycles. The minimum Gasteiger partial charge on any atom is -0.490 e. The minimum atomic E-state index is -0.939. The van der Waals surface area contributed by atoms with Gasteiger partial charge in [0.2, 0.25) is 5.82 Å². The van der Waals surface area contributed by atoms with E-state index in [1.807, 2.05) is 50.3 Å². The predicted octanol–water partition coefficient (Wildman–Crippen LogP) is 7.04. The van der Waals surface area contributed by atoms with Crippen molar-refractivity contribution in [2.45, 2.75) is 33.1 Å². The van der Waals surface area contributed by atoms with Crippen LogP contribution in [-0.4, -0.2) is 6.61 Å². The van der Waals surface area contributed by atoms with Gasteiger partial charge in [0.25, 0.3) is 0 Å². The number of ether oxygens (including phenoxy) is 1. The molecule has 1 nitrogen and oxygen atoms in total. The van der Waals surface area contributed by atoms with Gasteiger partial charge in [0.05, 0.1) is 6.61 Å². The van der Waals surface area contributed by atoms with Gasteiger partial charge < -0.3 is 4.74 Å². The van der Waals surface area contributed by atoms with E-state index < -0.39 is 11.6 Å². The summed E-state index contributed by atoms with van der Waals surface area (Å²) < 4.78 is 33.8. The van der Waals surface area contributed by atoms with Crippen molar-refractivity contribution in [1.29, 1.82) is 0 Å². The van der Waals surface area contributed by atoms with Crippen LogP contribution in [0.4, 0.5) is 8.78 Å². The molecule has 0 radical (unpaired) electrons. The summed E-state index contributed by atoms with van der Waals surface area (Å²) in [5, 5.41) is 0. The molecule has 0 spiro atoms. The summed E-state index contributed by atoms with van der Waals surface area (Å²) in [6, 6.07) is 10.5. The Bertz CT molecular complexity index is 832. The second-order valence-electron chi connectivity index (χ2n) is 6.62. The lowest BCUT2D eigenvalue weighted by Gasteiger charge is -2.10. The molecular weight excluding hydrogens is 342 g/mol. The van der Waals surface area contributed by atoms with Crippen molar-refractivity contribution < 1.29 is 13.5 Å². The summed E-state index contributed by atoms with van der Waals surface area (Å²) in [7, 11) is 0. The van der Waals surface area contributed by atoms with E-state index in [1.54, 1.807) is 6.07 Å². The first-order valence-corrected chi connectivity index (χ1v) is 9.13. The Hall–Kier alpha value is -2.68. The van der Waals surface area contributed by atoms with Crippen LogP contribution in [0.5, 0.6) is 5.75 Å².